The minimum absolute atomic E-state index is 0.0941. The molecule has 2 aromatic carbocycles. The average molecular weight is 335 g/mol. The van der Waals surface area contributed by atoms with Crippen LogP contribution in [0.3, 0.4) is 0 Å². The number of nitrogens with zero attached hydrogens (tertiary/aromatic N) is 1. The molecule has 0 fully saturated rings. The van der Waals surface area contributed by atoms with E-state index in [4.69, 9.17) is 4.98 Å². The van der Waals surface area contributed by atoms with E-state index < -0.39 is 0 Å². The summed E-state index contributed by atoms with van der Waals surface area (Å²) in [5, 5.41) is 10.0. The smallest absolute Gasteiger partial charge is 0.123 e. The van der Waals surface area contributed by atoms with Crippen molar-refractivity contribution < 1.29 is 9.50 Å². The van der Waals surface area contributed by atoms with Gasteiger partial charge in [0.1, 0.15) is 5.82 Å². The summed E-state index contributed by atoms with van der Waals surface area (Å²) in [6.07, 6.45) is 0. The Bertz CT molecular complexity index is 871. The lowest BCUT2D eigenvalue weighted by atomic mass is 9.89. The van der Waals surface area contributed by atoms with E-state index in [-0.39, 0.29) is 18.3 Å². The minimum Gasteiger partial charge on any atom is -0.392 e. The van der Waals surface area contributed by atoms with Crippen molar-refractivity contribution in [3.05, 3.63) is 77.2 Å². The summed E-state index contributed by atoms with van der Waals surface area (Å²) >= 11 is 0. The number of benzene rings is 2. The first-order chi connectivity index (χ1) is 12.0. The van der Waals surface area contributed by atoms with Crippen LogP contribution in [-0.2, 0) is 6.61 Å². The van der Waals surface area contributed by atoms with Crippen LogP contribution in [0.4, 0.5) is 4.39 Å². The lowest BCUT2D eigenvalue weighted by Gasteiger charge is -2.21. The maximum Gasteiger partial charge on any atom is 0.123 e. The molecular weight excluding hydrogens is 313 g/mol. The van der Waals surface area contributed by atoms with Gasteiger partial charge in [0, 0.05) is 16.8 Å². The number of hydrogen-bond acceptors (Lipinski definition) is 2. The third kappa shape index (κ3) is 3.33. The first-order valence-corrected chi connectivity index (χ1v) is 8.48. The Kier molecular flexibility index (Phi) is 4.95. The molecule has 1 heterocycles. The van der Waals surface area contributed by atoms with Crippen molar-refractivity contribution in [3.63, 3.8) is 0 Å². The zero-order chi connectivity index (χ0) is 18.0. The van der Waals surface area contributed by atoms with Gasteiger partial charge in [0.05, 0.1) is 12.3 Å². The molecule has 0 unspecified atom stereocenters. The Morgan fingerprint density at radius 2 is 1.60 bits per heavy atom. The lowest BCUT2D eigenvalue weighted by molar-refractivity contribution is 0.280. The minimum atomic E-state index is -0.270. The van der Waals surface area contributed by atoms with E-state index in [1.165, 1.54) is 12.1 Å². The monoisotopic (exact) mass is 335 g/mol. The summed E-state index contributed by atoms with van der Waals surface area (Å²) in [6, 6.07) is 16.4. The highest BCUT2D eigenvalue weighted by Gasteiger charge is 2.20. The van der Waals surface area contributed by atoms with Gasteiger partial charge in [-0.1, -0.05) is 56.3 Å². The van der Waals surface area contributed by atoms with Crippen LogP contribution >= 0.6 is 0 Å². The molecule has 0 saturated carbocycles. The number of hydrogen-bond donors (Lipinski definition) is 1. The van der Waals surface area contributed by atoms with Crippen molar-refractivity contribution >= 4 is 0 Å². The molecule has 3 aromatic rings. The Hall–Kier alpha value is -2.52. The van der Waals surface area contributed by atoms with E-state index in [1.54, 1.807) is 12.1 Å². The van der Waals surface area contributed by atoms with Crippen LogP contribution < -0.4 is 0 Å². The summed E-state index contributed by atoms with van der Waals surface area (Å²) in [7, 11) is 0. The van der Waals surface area contributed by atoms with Gasteiger partial charge < -0.3 is 5.11 Å². The number of aliphatic hydroxyl groups is 1. The summed E-state index contributed by atoms with van der Waals surface area (Å²) in [5.74, 6) is -0.0993. The fourth-order valence-corrected chi connectivity index (χ4v) is 3.27. The van der Waals surface area contributed by atoms with Crippen LogP contribution in [0.15, 0.2) is 54.6 Å². The standard InChI is InChI=1S/C22H22FNO/c1-14(2)21-19(13-25)20(16-9-11-18(23)12-10-16)15(3)22(24-21)17-7-5-4-6-8-17/h4-12,14,25H,13H2,1-3H3. The molecule has 0 saturated heterocycles. The maximum atomic E-state index is 13.4. The van der Waals surface area contributed by atoms with Crippen molar-refractivity contribution in [1.29, 1.82) is 0 Å². The Morgan fingerprint density at radius 3 is 2.16 bits per heavy atom. The number of aliphatic hydroxyl groups excluding tert-OH is 1. The molecule has 0 aliphatic carbocycles. The van der Waals surface area contributed by atoms with E-state index >= 15 is 0 Å². The molecular formula is C22H22FNO. The van der Waals surface area contributed by atoms with Crippen LogP contribution in [0.1, 0.15) is 36.6 Å². The second-order valence-electron chi connectivity index (χ2n) is 6.51. The van der Waals surface area contributed by atoms with Crippen molar-refractivity contribution in [2.45, 2.75) is 33.3 Å². The molecule has 0 aliphatic rings. The van der Waals surface area contributed by atoms with Crippen LogP contribution in [-0.4, -0.2) is 10.1 Å². The summed E-state index contributed by atoms with van der Waals surface area (Å²) in [5.41, 5.74) is 6.47. The molecule has 0 atom stereocenters. The van der Waals surface area contributed by atoms with Crippen LogP contribution in [0, 0.1) is 12.7 Å². The summed E-state index contributed by atoms with van der Waals surface area (Å²) in [6.45, 7) is 6.06. The van der Waals surface area contributed by atoms with Crippen LogP contribution in [0.25, 0.3) is 22.4 Å². The van der Waals surface area contributed by atoms with Gasteiger partial charge in [-0.05, 0) is 41.7 Å². The van der Waals surface area contributed by atoms with Gasteiger partial charge in [-0.15, -0.1) is 0 Å². The van der Waals surface area contributed by atoms with E-state index in [0.29, 0.717) is 0 Å². The zero-order valence-corrected chi connectivity index (χ0v) is 14.8. The quantitative estimate of drug-likeness (QED) is 0.685. The van der Waals surface area contributed by atoms with E-state index in [2.05, 4.69) is 13.8 Å². The first-order valence-electron chi connectivity index (χ1n) is 8.48. The molecule has 2 nitrogen and oxygen atoms in total. The molecule has 3 rings (SSSR count). The predicted molar refractivity (Wildman–Crippen MR) is 99.8 cm³/mol. The molecule has 128 valence electrons. The van der Waals surface area contributed by atoms with E-state index in [9.17, 15) is 9.50 Å². The Morgan fingerprint density at radius 1 is 0.960 bits per heavy atom. The van der Waals surface area contributed by atoms with Crippen molar-refractivity contribution in [3.8, 4) is 22.4 Å². The number of pyridine rings is 1. The summed E-state index contributed by atoms with van der Waals surface area (Å²) < 4.78 is 13.4. The SMILES string of the molecule is Cc1c(-c2ccccc2)nc(C(C)C)c(CO)c1-c1ccc(F)cc1. The highest BCUT2D eigenvalue weighted by Crippen LogP contribution is 2.37. The molecule has 0 radical (unpaired) electrons. The molecule has 1 N–H and O–H groups in total. The fraction of sp³-hybridized carbons (Fsp3) is 0.227. The predicted octanol–water partition coefficient (Wildman–Crippen LogP) is 5.48. The van der Waals surface area contributed by atoms with Crippen molar-refractivity contribution in [1.82, 2.24) is 4.98 Å². The second-order valence-corrected chi connectivity index (χ2v) is 6.51. The first kappa shape index (κ1) is 17.3. The van der Waals surface area contributed by atoms with Gasteiger partial charge in [0.15, 0.2) is 0 Å². The summed E-state index contributed by atoms with van der Waals surface area (Å²) in [4.78, 5) is 4.88. The number of halogens is 1. The van der Waals surface area contributed by atoms with E-state index in [1.807, 2.05) is 37.3 Å². The molecule has 0 bridgehead atoms. The second kappa shape index (κ2) is 7.16. The average Bonchev–Trinajstić information content (AvgIpc) is 2.62. The number of aromatic nitrogens is 1. The van der Waals surface area contributed by atoms with Gasteiger partial charge in [-0.25, -0.2) is 4.39 Å². The maximum absolute atomic E-state index is 13.4. The molecule has 1 aromatic heterocycles. The normalized spacial score (nSPS) is 11.1. The lowest BCUT2D eigenvalue weighted by Crippen LogP contribution is -2.07. The van der Waals surface area contributed by atoms with Gasteiger partial charge in [0.25, 0.3) is 0 Å². The van der Waals surface area contributed by atoms with Gasteiger partial charge >= 0.3 is 0 Å². The highest BCUT2D eigenvalue weighted by molar-refractivity contribution is 5.79. The van der Waals surface area contributed by atoms with Crippen molar-refractivity contribution in [2.24, 2.45) is 0 Å². The van der Waals surface area contributed by atoms with Crippen LogP contribution in [0.2, 0.25) is 0 Å². The Balaban J connectivity index is 2.35. The fourth-order valence-electron chi connectivity index (χ4n) is 3.27. The van der Waals surface area contributed by atoms with Gasteiger partial charge in [-0.3, -0.25) is 4.98 Å². The molecule has 0 spiro atoms. The topological polar surface area (TPSA) is 33.1 Å². The third-order valence-electron chi connectivity index (χ3n) is 4.46. The molecule has 3 heteroatoms. The molecule has 0 amide bonds. The van der Waals surface area contributed by atoms with Crippen molar-refractivity contribution in [2.75, 3.05) is 0 Å². The third-order valence-corrected chi connectivity index (χ3v) is 4.46. The Labute approximate surface area is 148 Å². The molecule has 0 aliphatic heterocycles. The zero-order valence-electron chi connectivity index (χ0n) is 14.8. The van der Waals surface area contributed by atoms with E-state index in [0.717, 1.165) is 39.2 Å². The van der Waals surface area contributed by atoms with Gasteiger partial charge in [-0.2, -0.15) is 0 Å². The molecule has 25 heavy (non-hydrogen) atoms. The van der Waals surface area contributed by atoms with Gasteiger partial charge in [0.2, 0.25) is 0 Å². The highest BCUT2D eigenvalue weighted by atomic mass is 19.1. The van der Waals surface area contributed by atoms with Crippen LogP contribution in [0.5, 0.6) is 0 Å². The number of rotatable bonds is 4. The largest absolute Gasteiger partial charge is 0.392 e.